The number of amides is 1. The molecule has 0 radical (unpaired) electrons. The second-order valence-electron chi connectivity index (χ2n) is 6.73. The van der Waals surface area contributed by atoms with Crippen molar-refractivity contribution < 1.29 is 18.0 Å². The summed E-state index contributed by atoms with van der Waals surface area (Å²) in [6.07, 6.45) is 0.0673. The lowest BCUT2D eigenvalue weighted by atomic mass is 9.84. The SMILES string of the molecule is C[C@H](NC(=O)c1nn(C)c(C(F)(F)F)c1Cl)[C@H]1C[C@@H]2CC[C@@H]1C2. The van der Waals surface area contributed by atoms with Gasteiger partial charge in [-0.1, -0.05) is 18.0 Å². The maximum atomic E-state index is 12.9. The predicted octanol–water partition coefficient (Wildman–Crippen LogP) is 3.65. The molecule has 2 aliphatic carbocycles. The van der Waals surface area contributed by atoms with E-state index in [-0.39, 0.29) is 11.7 Å². The quantitative estimate of drug-likeness (QED) is 0.905. The molecule has 3 rings (SSSR count). The van der Waals surface area contributed by atoms with Gasteiger partial charge in [-0.2, -0.15) is 18.3 Å². The molecular weight excluding hydrogens is 331 g/mol. The lowest BCUT2D eigenvalue weighted by molar-refractivity contribution is -0.143. The Kier molecular flexibility index (Phi) is 4.11. The number of nitrogens with zero attached hydrogens (tertiary/aromatic N) is 2. The van der Waals surface area contributed by atoms with Crippen molar-refractivity contribution in [1.82, 2.24) is 15.1 Å². The van der Waals surface area contributed by atoms with Crippen LogP contribution in [-0.4, -0.2) is 21.7 Å². The highest BCUT2D eigenvalue weighted by molar-refractivity contribution is 6.34. The summed E-state index contributed by atoms with van der Waals surface area (Å²) in [4.78, 5) is 12.3. The minimum Gasteiger partial charge on any atom is -0.348 e. The molecule has 1 N–H and O–H groups in total. The van der Waals surface area contributed by atoms with Gasteiger partial charge in [-0.25, -0.2) is 0 Å². The summed E-state index contributed by atoms with van der Waals surface area (Å²) in [5.74, 6) is 1.10. The Morgan fingerprint density at radius 2 is 2.09 bits per heavy atom. The average molecular weight is 350 g/mol. The fourth-order valence-corrected chi connectivity index (χ4v) is 4.59. The molecule has 0 spiro atoms. The topological polar surface area (TPSA) is 46.9 Å². The highest BCUT2D eigenvalue weighted by atomic mass is 35.5. The fraction of sp³-hybridized carbons (Fsp3) is 0.733. The first kappa shape index (κ1) is 16.6. The number of aromatic nitrogens is 2. The van der Waals surface area contributed by atoms with Crippen molar-refractivity contribution >= 4 is 17.5 Å². The molecule has 0 saturated heterocycles. The highest BCUT2D eigenvalue weighted by Crippen LogP contribution is 2.49. The molecule has 128 valence electrons. The van der Waals surface area contributed by atoms with E-state index < -0.39 is 22.8 Å². The molecule has 0 aliphatic heterocycles. The number of nitrogens with one attached hydrogen (secondary N) is 1. The third kappa shape index (κ3) is 2.95. The van der Waals surface area contributed by atoms with Gasteiger partial charge in [0.05, 0.1) is 0 Å². The number of rotatable bonds is 3. The van der Waals surface area contributed by atoms with Gasteiger partial charge in [-0.05, 0) is 43.9 Å². The number of aryl methyl sites for hydroxylation is 1. The van der Waals surface area contributed by atoms with E-state index >= 15 is 0 Å². The summed E-state index contributed by atoms with van der Waals surface area (Å²) in [5, 5.41) is 5.81. The Bertz CT molecular complexity index is 628. The lowest BCUT2D eigenvalue weighted by Gasteiger charge is -2.28. The van der Waals surface area contributed by atoms with Crippen LogP contribution in [0.5, 0.6) is 0 Å². The number of hydrogen-bond acceptors (Lipinski definition) is 2. The van der Waals surface area contributed by atoms with Crippen LogP contribution in [0.4, 0.5) is 13.2 Å². The van der Waals surface area contributed by atoms with Crippen molar-refractivity contribution in [1.29, 1.82) is 0 Å². The van der Waals surface area contributed by atoms with Gasteiger partial charge in [-0.3, -0.25) is 9.48 Å². The van der Waals surface area contributed by atoms with Crippen molar-refractivity contribution in [3.8, 4) is 0 Å². The van der Waals surface area contributed by atoms with Crippen LogP contribution in [0.2, 0.25) is 5.02 Å². The fourth-order valence-electron chi connectivity index (χ4n) is 4.24. The van der Waals surface area contributed by atoms with Gasteiger partial charge >= 0.3 is 6.18 Å². The molecule has 2 bridgehead atoms. The monoisotopic (exact) mass is 349 g/mol. The van der Waals surface area contributed by atoms with E-state index in [0.29, 0.717) is 16.5 Å². The second-order valence-corrected chi connectivity index (χ2v) is 7.11. The van der Waals surface area contributed by atoms with Crippen molar-refractivity contribution in [3.05, 3.63) is 16.4 Å². The molecule has 2 saturated carbocycles. The second kappa shape index (κ2) is 5.69. The van der Waals surface area contributed by atoms with E-state index in [1.54, 1.807) is 0 Å². The van der Waals surface area contributed by atoms with Gasteiger partial charge in [0.2, 0.25) is 0 Å². The highest BCUT2D eigenvalue weighted by Gasteiger charge is 2.43. The van der Waals surface area contributed by atoms with Crippen LogP contribution < -0.4 is 5.32 Å². The third-order valence-electron chi connectivity index (χ3n) is 5.27. The third-order valence-corrected chi connectivity index (χ3v) is 5.62. The molecule has 4 nitrogen and oxygen atoms in total. The number of hydrogen-bond donors (Lipinski definition) is 1. The van der Waals surface area contributed by atoms with Crippen LogP contribution in [0.3, 0.4) is 0 Å². The Balaban J connectivity index is 1.74. The first-order valence-corrected chi connectivity index (χ1v) is 8.16. The molecule has 23 heavy (non-hydrogen) atoms. The van der Waals surface area contributed by atoms with E-state index in [1.807, 2.05) is 6.92 Å². The number of carbonyl (C=O) groups is 1. The summed E-state index contributed by atoms with van der Waals surface area (Å²) in [5.41, 5.74) is -1.46. The lowest BCUT2D eigenvalue weighted by Crippen LogP contribution is -2.40. The van der Waals surface area contributed by atoms with E-state index in [1.165, 1.54) is 19.3 Å². The minimum absolute atomic E-state index is 0.0924. The Labute approximate surface area is 137 Å². The van der Waals surface area contributed by atoms with Crippen LogP contribution in [-0.2, 0) is 13.2 Å². The van der Waals surface area contributed by atoms with Gasteiger partial charge < -0.3 is 5.32 Å². The van der Waals surface area contributed by atoms with Crippen LogP contribution in [0.1, 0.15) is 48.8 Å². The molecule has 1 heterocycles. The summed E-state index contributed by atoms with van der Waals surface area (Å²) in [6, 6.07) is -0.0924. The normalized spacial score (nSPS) is 28.2. The van der Waals surface area contributed by atoms with E-state index in [4.69, 9.17) is 11.6 Å². The molecule has 0 unspecified atom stereocenters. The van der Waals surface area contributed by atoms with E-state index in [0.717, 1.165) is 19.4 Å². The van der Waals surface area contributed by atoms with Crippen LogP contribution in [0, 0.1) is 17.8 Å². The smallest absolute Gasteiger partial charge is 0.348 e. The summed E-state index contributed by atoms with van der Waals surface area (Å²) in [6.45, 7) is 1.91. The first-order valence-electron chi connectivity index (χ1n) is 7.79. The molecule has 1 aromatic heterocycles. The molecule has 8 heteroatoms. The Morgan fingerprint density at radius 1 is 1.39 bits per heavy atom. The zero-order chi connectivity index (χ0) is 16.9. The van der Waals surface area contributed by atoms with Crippen LogP contribution in [0.15, 0.2) is 0 Å². The predicted molar refractivity (Wildman–Crippen MR) is 79.1 cm³/mol. The molecule has 1 amide bonds. The number of halogens is 4. The number of alkyl halides is 3. The van der Waals surface area contributed by atoms with Crippen LogP contribution in [0.25, 0.3) is 0 Å². The first-order chi connectivity index (χ1) is 10.7. The maximum absolute atomic E-state index is 12.9. The van der Waals surface area contributed by atoms with Gasteiger partial charge in [-0.15, -0.1) is 0 Å². The van der Waals surface area contributed by atoms with Gasteiger partial charge in [0.1, 0.15) is 5.02 Å². The van der Waals surface area contributed by atoms with Crippen molar-refractivity contribution in [2.45, 2.75) is 44.8 Å². The molecule has 2 aliphatic rings. The number of fused-ring (bicyclic) bond motifs is 2. The minimum atomic E-state index is -4.65. The zero-order valence-corrected chi connectivity index (χ0v) is 13.7. The standard InChI is InChI=1S/C15H19ClF3N3O/c1-7(10-6-8-3-4-9(10)5-8)20-14(23)12-11(16)13(15(17,18)19)22(2)21-12/h7-10H,3-6H2,1-2H3,(H,20,23)/t7-,8+,9+,10+/m0/s1. The average Bonchev–Trinajstić information content (AvgIpc) is 3.11. The van der Waals surface area contributed by atoms with Gasteiger partial charge in [0, 0.05) is 13.1 Å². The Morgan fingerprint density at radius 3 is 2.57 bits per heavy atom. The molecular formula is C15H19ClF3N3O. The van der Waals surface area contributed by atoms with Gasteiger partial charge in [0.25, 0.3) is 5.91 Å². The molecule has 0 aromatic carbocycles. The molecule has 4 atom stereocenters. The van der Waals surface area contributed by atoms with Crippen LogP contribution >= 0.6 is 11.6 Å². The summed E-state index contributed by atoms with van der Waals surface area (Å²) >= 11 is 5.75. The largest absolute Gasteiger partial charge is 0.434 e. The van der Waals surface area contributed by atoms with E-state index in [2.05, 4.69) is 10.4 Å². The maximum Gasteiger partial charge on any atom is 0.434 e. The molecule has 1 aromatic rings. The van der Waals surface area contributed by atoms with Crippen molar-refractivity contribution in [3.63, 3.8) is 0 Å². The zero-order valence-electron chi connectivity index (χ0n) is 13.0. The molecule has 2 fully saturated rings. The number of carbonyl (C=O) groups excluding carboxylic acids is 1. The van der Waals surface area contributed by atoms with Crippen molar-refractivity contribution in [2.24, 2.45) is 24.8 Å². The van der Waals surface area contributed by atoms with Gasteiger partial charge in [0.15, 0.2) is 11.4 Å². The van der Waals surface area contributed by atoms with E-state index in [9.17, 15) is 18.0 Å². The Hall–Kier alpha value is -1.24. The van der Waals surface area contributed by atoms with Crippen molar-refractivity contribution in [2.75, 3.05) is 0 Å². The summed E-state index contributed by atoms with van der Waals surface area (Å²) in [7, 11) is 1.13. The summed E-state index contributed by atoms with van der Waals surface area (Å²) < 4.78 is 39.4.